The molecule has 2 aliphatic heterocycles. The number of carbonyl (C=O) groups excluding carboxylic acids is 1. The average molecular weight is 462 g/mol. The summed E-state index contributed by atoms with van der Waals surface area (Å²) in [6, 6.07) is 18.6. The number of hydrogen-bond donors (Lipinski definition) is 2. The second-order valence-corrected chi connectivity index (χ2v) is 10.3. The molecule has 0 unspecified atom stereocenters. The van der Waals surface area contributed by atoms with Gasteiger partial charge in [0.15, 0.2) is 0 Å². The third kappa shape index (κ3) is 5.13. The summed E-state index contributed by atoms with van der Waals surface area (Å²) in [7, 11) is 0. The maximum Gasteiger partial charge on any atom is 0.252 e. The molecule has 5 rings (SSSR count). The Labute approximate surface area is 199 Å². The van der Waals surface area contributed by atoms with Crippen molar-refractivity contribution in [3.63, 3.8) is 0 Å². The highest BCUT2D eigenvalue weighted by atomic mass is 32.1. The van der Waals surface area contributed by atoms with Crippen LogP contribution in [0, 0.1) is 6.92 Å². The summed E-state index contributed by atoms with van der Waals surface area (Å²) in [5.41, 5.74) is 3.91. The molecule has 0 bridgehead atoms. The van der Waals surface area contributed by atoms with Crippen molar-refractivity contribution in [3.05, 3.63) is 76.2 Å². The zero-order valence-corrected chi connectivity index (χ0v) is 20.1. The molecule has 2 aliphatic rings. The van der Waals surface area contributed by atoms with Crippen LogP contribution in [0.4, 0.5) is 0 Å². The summed E-state index contributed by atoms with van der Waals surface area (Å²) in [5.74, 6) is 0.675. The number of carbonyl (C=O) groups is 1. The van der Waals surface area contributed by atoms with E-state index in [1.807, 2.05) is 43.4 Å². The lowest BCUT2D eigenvalue weighted by Gasteiger charge is -2.29. The van der Waals surface area contributed by atoms with E-state index in [9.17, 15) is 4.79 Å². The van der Waals surface area contributed by atoms with Gasteiger partial charge in [-0.1, -0.05) is 24.3 Å². The second-order valence-electron chi connectivity index (χ2n) is 9.09. The van der Waals surface area contributed by atoms with Crippen molar-refractivity contribution in [3.8, 4) is 16.2 Å². The lowest BCUT2D eigenvalue weighted by molar-refractivity contribution is 0.0937. The van der Waals surface area contributed by atoms with E-state index in [2.05, 4.69) is 51.9 Å². The minimum atomic E-state index is -0.0993. The Morgan fingerprint density at radius 1 is 1.18 bits per heavy atom. The third-order valence-electron chi connectivity index (χ3n) is 6.51. The largest absolute Gasteiger partial charge is 0.488 e. The van der Waals surface area contributed by atoms with Crippen LogP contribution in [0.1, 0.15) is 45.7 Å². The first kappa shape index (κ1) is 22.1. The SMILES string of the molecule is Cc1ccc(OC2CNC2)cc1C(=O)N[C@H](C)c1cccc(-c2ccc(CN3CCC3)s2)c1. The molecular formula is C27H31N3O2S. The van der Waals surface area contributed by atoms with Crippen LogP contribution in [0.15, 0.2) is 54.6 Å². The van der Waals surface area contributed by atoms with Gasteiger partial charge in [-0.05, 0) is 80.4 Å². The molecule has 1 aromatic heterocycles. The van der Waals surface area contributed by atoms with Crippen LogP contribution in [-0.2, 0) is 6.54 Å². The van der Waals surface area contributed by atoms with E-state index >= 15 is 0 Å². The zero-order chi connectivity index (χ0) is 22.8. The number of likely N-dealkylation sites (tertiary alicyclic amines) is 1. The van der Waals surface area contributed by atoms with Crippen LogP contribution in [-0.4, -0.2) is 43.1 Å². The Morgan fingerprint density at radius 3 is 2.76 bits per heavy atom. The molecule has 1 amide bonds. The highest BCUT2D eigenvalue weighted by Crippen LogP contribution is 2.31. The molecule has 3 aromatic rings. The quantitative estimate of drug-likeness (QED) is 0.507. The van der Waals surface area contributed by atoms with Gasteiger partial charge in [-0.3, -0.25) is 9.69 Å². The van der Waals surface area contributed by atoms with Gasteiger partial charge >= 0.3 is 0 Å². The van der Waals surface area contributed by atoms with Crippen LogP contribution in [0.5, 0.6) is 5.75 Å². The molecular weight excluding hydrogens is 430 g/mol. The molecule has 2 N–H and O–H groups in total. The van der Waals surface area contributed by atoms with E-state index in [0.29, 0.717) is 5.56 Å². The molecule has 172 valence electrons. The summed E-state index contributed by atoms with van der Waals surface area (Å²) in [4.78, 5) is 18.2. The molecule has 2 fully saturated rings. The van der Waals surface area contributed by atoms with Gasteiger partial charge in [0.2, 0.25) is 0 Å². The number of benzene rings is 2. The number of nitrogens with zero attached hydrogens (tertiary/aromatic N) is 1. The number of aryl methyl sites for hydroxylation is 1. The van der Waals surface area contributed by atoms with Crippen LogP contribution < -0.4 is 15.4 Å². The van der Waals surface area contributed by atoms with Gasteiger partial charge in [0.25, 0.3) is 5.91 Å². The smallest absolute Gasteiger partial charge is 0.252 e. The lowest BCUT2D eigenvalue weighted by atomic mass is 10.0. The Morgan fingerprint density at radius 2 is 2.03 bits per heavy atom. The van der Waals surface area contributed by atoms with Crippen molar-refractivity contribution in [1.82, 2.24) is 15.5 Å². The first-order valence-electron chi connectivity index (χ1n) is 11.8. The van der Waals surface area contributed by atoms with E-state index in [1.165, 1.54) is 34.8 Å². The minimum absolute atomic E-state index is 0.0736. The number of nitrogens with one attached hydrogen (secondary N) is 2. The highest BCUT2D eigenvalue weighted by molar-refractivity contribution is 7.15. The number of ether oxygens (including phenoxy) is 1. The predicted molar refractivity (Wildman–Crippen MR) is 134 cm³/mol. The fourth-order valence-electron chi connectivity index (χ4n) is 4.15. The van der Waals surface area contributed by atoms with E-state index in [4.69, 9.17) is 4.74 Å². The normalized spacial score (nSPS) is 17.2. The van der Waals surface area contributed by atoms with Crippen molar-refractivity contribution in [1.29, 1.82) is 0 Å². The number of hydrogen-bond acceptors (Lipinski definition) is 5. The van der Waals surface area contributed by atoms with Gasteiger partial charge < -0.3 is 15.4 Å². The van der Waals surface area contributed by atoms with E-state index < -0.39 is 0 Å². The topological polar surface area (TPSA) is 53.6 Å². The Bertz CT molecular complexity index is 1130. The van der Waals surface area contributed by atoms with Crippen LogP contribution in [0.25, 0.3) is 10.4 Å². The van der Waals surface area contributed by atoms with Gasteiger partial charge in [-0.15, -0.1) is 11.3 Å². The van der Waals surface area contributed by atoms with Crippen molar-refractivity contribution in [2.45, 2.75) is 39.0 Å². The van der Waals surface area contributed by atoms with E-state index in [1.54, 1.807) is 0 Å². The molecule has 6 heteroatoms. The molecule has 2 aromatic carbocycles. The van der Waals surface area contributed by atoms with Crippen molar-refractivity contribution in [2.75, 3.05) is 26.2 Å². The van der Waals surface area contributed by atoms with Crippen LogP contribution >= 0.6 is 11.3 Å². The zero-order valence-electron chi connectivity index (χ0n) is 19.3. The molecule has 0 saturated carbocycles. The number of rotatable bonds is 8. The monoisotopic (exact) mass is 461 g/mol. The number of thiophene rings is 1. The third-order valence-corrected chi connectivity index (χ3v) is 7.63. The Kier molecular flexibility index (Phi) is 6.49. The highest BCUT2D eigenvalue weighted by Gasteiger charge is 2.20. The van der Waals surface area contributed by atoms with Crippen LogP contribution in [0.2, 0.25) is 0 Å². The first-order chi connectivity index (χ1) is 16.0. The molecule has 33 heavy (non-hydrogen) atoms. The standard InChI is InChI=1S/C27H31N3O2S/c1-18-7-8-22(32-23-15-28-16-23)14-25(18)27(31)29-19(2)20-5-3-6-21(13-20)26-10-9-24(33-26)17-30-11-4-12-30/h3,5-10,13-14,19,23,28H,4,11-12,15-17H2,1-2H3,(H,29,31)/t19-/m1/s1. The molecule has 0 radical (unpaired) electrons. The van der Waals surface area contributed by atoms with E-state index in [0.717, 1.165) is 36.5 Å². The van der Waals surface area contributed by atoms with Crippen molar-refractivity contribution >= 4 is 17.2 Å². The van der Waals surface area contributed by atoms with E-state index in [-0.39, 0.29) is 18.1 Å². The number of amides is 1. The van der Waals surface area contributed by atoms with Gasteiger partial charge in [0.05, 0.1) is 6.04 Å². The first-order valence-corrected chi connectivity index (χ1v) is 12.6. The summed E-state index contributed by atoms with van der Waals surface area (Å²) in [6.45, 7) is 9.19. The minimum Gasteiger partial charge on any atom is -0.488 e. The van der Waals surface area contributed by atoms with Gasteiger partial charge in [-0.2, -0.15) is 0 Å². The Hall–Kier alpha value is -2.67. The average Bonchev–Trinajstić information content (AvgIpc) is 3.23. The van der Waals surface area contributed by atoms with Gasteiger partial charge in [0, 0.05) is 35.0 Å². The molecule has 0 aliphatic carbocycles. The maximum atomic E-state index is 13.1. The fraction of sp³-hybridized carbons (Fsp3) is 0.370. The summed E-state index contributed by atoms with van der Waals surface area (Å²) in [5, 5.41) is 6.38. The predicted octanol–water partition coefficient (Wildman–Crippen LogP) is 4.77. The Balaban J connectivity index is 1.26. The summed E-state index contributed by atoms with van der Waals surface area (Å²) < 4.78 is 5.94. The molecule has 0 spiro atoms. The summed E-state index contributed by atoms with van der Waals surface area (Å²) in [6.07, 6.45) is 1.51. The van der Waals surface area contributed by atoms with Gasteiger partial charge in [0.1, 0.15) is 11.9 Å². The molecule has 2 saturated heterocycles. The molecule has 3 heterocycles. The van der Waals surface area contributed by atoms with Gasteiger partial charge in [-0.25, -0.2) is 0 Å². The van der Waals surface area contributed by atoms with Crippen molar-refractivity contribution in [2.24, 2.45) is 0 Å². The molecule has 1 atom stereocenters. The maximum absolute atomic E-state index is 13.1. The second kappa shape index (κ2) is 9.67. The fourth-order valence-corrected chi connectivity index (χ4v) is 5.20. The molecule has 5 nitrogen and oxygen atoms in total. The lowest BCUT2D eigenvalue weighted by Crippen LogP contribution is -2.50. The van der Waals surface area contributed by atoms with Crippen molar-refractivity contribution < 1.29 is 9.53 Å². The summed E-state index contributed by atoms with van der Waals surface area (Å²) >= 11 is 1.86. The van der Waals surface area contributed by atoms with Crippen LogP contribution in [0.3, 0.4) is 0 Å².